The van der Waals surface area contributed by atoms with Crippen molar-refractivity contribution in [2.24, 2.45) is 0 Å². The number of carbonyl (C=O) groups is 1. The van der Waals surface area contributed by atoms with E-state index >= 15 is 0 Å². The maximum Gasteiger partial charge on any atom is 0.211 e. The molecule has 0 aliphatic carbocycles. The lowest BCUT2D eigenvalue weighted by Crippen LogP contribution is -2.31. The normalized spacial score (nSPS) is 11.3. The van der Waals surface area contributed by atoms with Crippen molar-refractivity contribution in [3.05, 3.63) is 35.9 Å². The molecule has 1 rings (SSSR count). The molecule has 0 aliphatic heterocycles. The number of hydrogen-bond acceptors (Lipinski definition) is 3. The highest BCUT2D eigenvalue weighted by atomic mass is 32.2. The van der Waals surface area contributed by atoms with Gasteiger partial charge in [0.25, 0.3) is 0 Å². The predicted octanol–water partition coefficient (Wildman–Crippen LogP) is 1.20. The molecule has 4 nitrogen and oxygen atoms in total. The monoisotopic (exact) mass is 241 g/mol. The first kappa shape index (κ1) is 12.9. The highest BCUT2D eigenvalue weighted by Gasteiger charge is 2.11. The van der Waals surface area contributed by atoms with Crippen LogP contribution in [0.2, 0.25) is 0 Å². The van der Waals surface area contributed by atoms with E-state index in [-0.39, 0.29) is 18.1 Å². The average molecular weight is 241 g/mol. The molecule has 0 unspecified atom stereocenters. The van der Waals surface area contributed by atoms with Crippen molar-refractivity contribution >= 4 is 15.8 Å². The minimum atomic E-state index is -3.31. The van der Waals surface area contributed by atoms with Gasteiger partial charge in [-0.15, -0.1) is 0 Å². The zero-order valence-corrected chi connectivity index (χ0v) is 9.96. The summed E-state index contributed by atoms with van der Waals surface area (Å²) in [4.78, 5) is 11.6. The van der Waals surface area contributed by atoms with E-state index in [0.29, 0.717) is 12.0 Å². The number of sulfonamides is 1. The Bertz CT molecular complexity index is 440. The van der Waals surface area contributed by atoms with Crippen molar-refractivity contribution in [3.8, 4) is 0 Å². The fraction of sp³-hybridized carbons (Fsp3) is 0.364. The zero-order valence-electron chi connectivity index (χ0n) is 9.14. The largest absolute Gasteiger partial charge is 0.293 e. The van der Waals surface area contributed by atoms with Crippen LogP contribution in [-0.2, 0) is 10.0 Å². The van der Waals surface area contributed by atoms with E-state index in [0.717, 1.165) is 0 Å². The minimum absolute atomic E-state index is 0.0507. The van der Waals surface area contributed by atoms with Crippen molar-refractivity contribution in [1.82, 2.24) is 4.72 Å². The Morgan fingerprint density at radius 1 is 1.25 bits per heavy atom. The van der Waals surface area contributed by atoms with Crippen molar-refractivity contribution in [2.45, 2.75) is 13.3 Å². The van der Waals surface area contributed by atoms with Gasteiger partial charge in [-0.1, -0.05) is 37.3 Å². The lowest BCUT2D eigenvalue weighted by molar-refractivity contribution is 0.0997. The third kappa shape index (κ3) is 4.12. The number of nitrogens with one attached hydrogen (secondary N) is 1. The summed E-state index contributed by atoms with van der Waals surface area (Å²) in [5.41, 5.74) is 0.515. The summed E-state index contributed by atoms with van der Waals surface area (Å²) in [7, 11) is -3.31. The first-order valence-corrected chi connectivity index (χ1v) is 6.76. The van der Waals surface area contributed by atoms with Gasteiger partial charge in [-0.2, -0.15) is 0 Å². The van der Waals surface area contributed by atoms with Crippen LogP contribution in [0.3, 0.4) is 0 Å². The second-order valence-electron chi connectivity index (χ2n) is 3.43. The fourth-order valence-corrected chi connectivity index (χ4v) is 2.28. The van der Waals surface area contributed by atoms with Gasteiger partial charge in [0.15, 0.2) is 5.78 Å². The van der Waals surface area contributed by atoms with Gasteiger partial charge in [0.05, 0.1) is 12.3 Å². The Kier molecular flexibility index (Phi) is 4.64. The first-order chi connectivity index (χ1) is 7.55. The fourth-order valence-electron chi connectivity index (χ4n) is 1.24. The van der Waals surface area contributed by atoms with Gasteiger partial charge < -0.3 is 0 Å². The number of Topliss-reactive ketones (excluding diaryl/α,β-unsaturated/α-hetero) is 1. The molecule has 0 saturated carbocycles. The summed E-state index contributed by atoms with van der Waals surface area (Å²) in [6.07, 6.45) is 0.537. The van der Waals surface area contributed by atoms with E-state index in [1.165, 1.54) is 0 Å². The molecule has 0 radical (unpaired) electrons. The first-order valence-electron chi connectivity index (χ1n) is 5.11. The van der Waals surface area contributed by atoms with Gasteiger partial charge in [0.2, 0.25) is 10.0 Å². The third-order valence-corrected chi connectivity index (χ3v) is 3.55. The van der Waals surface area contributed by atoms with Gasteiger partial charge in [-0.25, -0.2) is 13.1 Å². The number of hydrogen-bond donors (Lipinski definition) is 1. The van der Waals surface area contributed by atoms with E-state index in [9.17, 15) is 13.2 Å². The highest BCUT2D eigenvalue weighted by molar-refractivity contribution is 7.89. The molecule has 5 heteroatoms. The van der Waals surface area contributed by atoms with Crippen LogP contribution in [0.25, 0.3) is 0 Å². The van der Waals surface area contributed by atoms with E-state index in [4.69, 9.17) is 0 Å². The topological polar surface area (TPSA) is 63.2 Å². The van der Waals surface area contributed by atoms with Crippen LogP contribution < -0.4 is 4.72 Å². The van der Waals surface area contributed by atoms with Gasteiger partial charge >= 0.3 is 0 Å². The quantitative estimate of drug-likeness (QED) is 0.761. The molecule has 0 aliphatic rings. The molecule has 0 heterocycles. The predicted molar refractivity (Wildman–Crippen MR) is 62.9 cm³/mol. The van der Waals surface area contributed by atoms with Crippen molar-refractivity contribution in [2.75, 3.05) is 12.3 Å². The van der Waals surface area contributed by atoms with Crippen molar-refractivity contribution in [1.29, 1.82) is 0 Å². The number of carbonyl (C=O) groups excluding carboxylic acids is 1. The minimum Gasteiger partial charge on any atom is -0.293 e. The second-order valence-corrected chi connectivity index (χ2v) is 5.36. The molecular formula is C11H15NO3S. The molecule has 0 spiro atoms. The smallest absolute Gasteiger partial charge is 0.211 e. The molecular weight excluding hydrogens is 226 g/mol. The SMILES string of the molecule is CCCS(=O)(=O)NCC(=O)c1ccccc1. The number of ketones is 1. The van der Waals surface area contributed by atoms with Crippen LogP contribution in [0.1, 0.15) is 23.7 Å². The molecule has 0 aromatic heterocycles. The lowest BCUT2D eigenvalue weighted by atomic mass is 10.1. The van der Waals surface area contributed by atoms with Gasteiger partial charge in [0, 0.05) is 5.56 Å². The zero-order chi connectivity index (χ0) is 12.0. The standard InChI is InChI=1S/C11H15NO3S/c1-2-8-16(14,15)12-9-11(13)10-6-4-3-5-7-10/h3-7,12H,2,8-9H2,1H3. The van der Waals surface area contributed by atoms with Gasteiger partial charge in [-0.05, 0) is 6.42 Å². The summed E-state index contributed by atoms with van der Waals surface area (Å²) < 4.78 is 24.9. The maximum absolute atomic E-state index is 11.6. The van der Waals surface area contributed by atoms with E-state index < -0.39 is 10.0 Å². The summed E-state index contributed by atoms with van der Waals surface area (Å²) in [5, 5.41) is 0. The van der Waals surface area contributed by atoms with Crippen LogP contribution >= 0.6 is 0 Å². The second kappa shape index (κ2) is 5.77. The van der Waals surface area contributed by atoms with Gasteiger partial charge in [-0.3, -0.25) is 4.79 Å². The van der Waals surface area contributed by atoms with Crippen LogP contribution in [0.4, 0.5) is 0 Å². The Morgan fingerprint density at radius 3 is 2.44 bits per heavy atom. The molecule has 0 bridgehead atoms. The van der Waals surface area contributed by atoms with Crippen LogP contribution in [-0.4, -0.2) is 26.5 Å². The molecule has 16 heavy (non-hydrogen) atoms. The molecule has 0 saturated heterocycles. The van der Waals surface area contributed by atoms with E-state index in [1.54, 1.807) is 37.3 Å². The molecule has 1 N–H and O–H groups in total. The molecule has 0 amide bonds. The van der Waals surface area contributed by atoms with Crippen molar-refractivity contribution < 1.29 is 13.2 Å². The third-order valence-electron chi connectivity index (χ3n) is 2.02. The lowest BCUT2D eigenvalue weighted by Gasteiger charge is -2.04. The summed E-state index contributed by atoms with van der Waals surface area (Å²) in [6, 6.07) is 8.62. The maximum atomic E-state index is 11.6. The highest BCUT2D eigenvalue weighted by Crippen LogP contribution is 1.99. The Hall–Kier alpha value is -1.20. The van der Waals surface area contributed by atoms with Crippen LogP contribution in [0.5, 0.6) is 0 Å². The number of benzene rings is 1. The van der Waals surface area contributed by atoms with Gasteiger partial charge in [0.1, 0.15) is 0 Å². The van der Waals surface area contributed by atoms with E-state index in [1.807, 2.05) is 0 Å². The van der Waals surface area contributed by atoms with E-state index in [2.05, 4.69) is 4.72 Å². The Morgan fingerprint density at radius 2 is 1.88 bits per heavy atom. The summed E-state index contributed by atoms with van der Waals surface area (Å²) >= 11 is 0. The van der Waals surface area contributed by atoms with Crippen LogP contribution in [0.15, 0.2) is 30.3 Å². The molecule has 1 aromatic rings. The number of rotatable bonds is 6. The van der Waals surface area contributed by atoms with Crippen LogP contribution in [0, 0.1) is 0 Å². The summed E-state index contributed by atoms with van der Waals surface area (Å²) in [6.45, 7) is 1.60. The average Bonchev–Trinajstić information content (AvgIpc) is 2.27. The molecule has 0 atom stereocenters. The molecule has 0 fully saturated rings. The molecule has 88 valence electrons. The summed E-state index contributed by atoms with van der Waals surface area (Å²) in [5.74, 6) is -0.171. The Labute approximate surface area is 95.7 Å². The van der Waals surface area contributed by atoms with Crippen molar-refractivity contribution in [3.63, 3.8) is 0 Å². The molecule has 1 aromatic carbocycles. The Balaban J connectivity index is 2.54.